The number of aromatic nitrogens is 2. The van der Waals surface area contributed by atoms with E-state index in [-0.39, 0.29) is 0 Å². The standard InChI is InChI=1S/C8H12N4O2/c1-3-4-14-8-6(13-2)7(12-9)10-5-11-8/h3,5H,1,4,9H2,2H3,(H,10,11,12). The number of methoxy groups -OCH3 is 1. The molecule has 0 bridgehead atoms. The van der Waals surface area contributed by atoms with Gasteiger partial charge in [-0.05, 0) is 0 Å². The maximum Gasteiger partial charge on any atom is 0.262 e. The number of nitrogens with two attached hydrogens (primary N) is 1. The van der Waals surface area contributed by atoms with Crippen LogP contribution >= 0.6 is 0 Å². The van der Waals surface area contributed by atoms with Crippen molar-refractivity contribution in [1.29, 1.82) is 0 Å². The predicted molar refractivity (Wildman–Crippen MR) is 52.1 cm³/mol. The molecular formula is C8H12N4O2. The summed E-state index contributed by atoms with van der Waals surface area (Å²) in [4.78, 5) is 7.75. The van der Waals surface area contributed by atoms with Gasteiger partial charge in [0.25, 0.3) is 5.88 Å². The summed E-state index contributed by atoms with van der Waals surface area (Å²) in [7, 11) is 1.49. The second kappa shape index (κ2) is 5.03. The number of nitrogens with zero attached hydrogens (tertiary/aromatic N) is 2. The van der Waals surface area contributed by atoms with E-state index in [2.05, 4.69) is 22.0 Å². The maximum atomic E-state index is 5.23. The molecule has 1 aromatic rings. The Labute approximate surface area is 81.7 Å². The summed E-state index contributed by atoms with van der Waals surface area (Å²) in [5.74, 6) is 6.31. The first kappa shape index (κ1) is 10.3. The number of nitrogen functional groups attached to an aromatic ring is 1. The molecule has 76 valence electrons. The molecule has 3 N–H and O–H groups in total. The summed E-state index contributed by atoms with van der Waals surface area (Å²) in [6.07, 6.45) is 2.94. The van der Waals surface area contributed by atoms with Crippen LogP contribution < -0.4 is 20.7 Å². The molecule has 0 radical (unpaired) electrons. The highest BCUT2D eigenvalue weighted by Crippen LogP contribution is 2.29. The van der Waals surface area contributed by atoms with Gasteiger partial charge in [-0.25, -0.2) is 10.8 Å². The topological polar surface area (TPSA) is 82.3 Å². The van der Waals surface area contributed by atoms with E-state index in [9.17, 15) is 0 Å². The van der Waals surface area contributed by atoms with Crippen molar-refractivity contribution in [2.45, 2.75) is 0 Å². The van der Waals surface area contributed by atoms with Crippen molar-refractivity contribution in [1.82, 2.24) is 9.97 Å². The van der Waals surface area contributed by atoms with Crippen LogP contribution in [0.5, 0.6) is 11.6 Å². The quantitative estimate of drug-likeness (QED) is 0.401. The molecule has 6 nitrogen and oxygen atoms in total. The van der Waals surface area contributed by atoms with Crippen molar-refractivity contribution < 1.29 is 9.47 Å². The number of hydrogen-bond donors (Lipinski definition) is 2. The summed E-state index contributed by atoms with van der Waals surface area (Å²) >= 11 is 0. The van der Waals surface area contributed by atoms with Gasteiger partial charge in [0.15, 0.2) is 5.82 Å². The molecule has 0 fully saturated rings. The van der Waals surface area contributed by atoms with Gasteiger partial charge >= 0.3 is 0 Å². The van der Waals surface area contributed by atoms with Gasteiger partial charge in [0.05, 0.1) is 7.11 Å². The number of hydrazine groups is 1. The average Bonchev–Trinajstić information content (AvgIpc) is 2.25. The smallest absolute Gasteiger partial charge is 0.262 e. The summed E-state index contributed by atoms with van der Waals surface area (Å²) in [6.45, 7) is 3.87. The van der Waals surface area contributed by atoms with Crippen LogP contribution in [0.2, 0.25) is 0 Å². The Hall–Kier alpha value is -1.82. The monoisotopic (exact) mass is 196 g/mol. The molecule has 0 saturated heterocycles. The van der Waals surface area contributed by atoms with E-state index in [0.717, 1.165) is 0 Å². The van der Waals surface area contributed by atoms with Crippen molar-refractivity contribution in [2.24, 2.45) is 5.84 Å². The molecule has 0 unspecified atom stereocenters. The van der Waals surface area contributed by atoms with E-state index in [0.29, 0.717) is 24.1 Å². The van der Waals surface area contributed by atoms with Gasteiger partial charge < -0.3 is 14.9 Å². The first-order valence-corrected chi connectivity index (χ1v) is 3.92. The first-order valence-electron chi connectivity index (χ1n) is 3.92. The molecular weight excluding hydrogens is 184 g/mol. The van der Waals surface area contributed by atoms with Gasteiger partial charge in [-0.3, -0.25) is 0 Å². The van der Waals surface area contributed by atoms with Crippen molar-refractivity contribution >= 4 is 5.82 Å². The molecule has 0 aliphatic carbocycles. The van der Waals surface area contributed by atoms with Gasteiger partial charge in [0, 0.05) is 0 Å². The molecule has 0 saturated carbocycles. The van der Waals surface area contributed by atoms with Crippen LogP contribution in [-0.4, -0.2) is 23.7 Å². The third-order valence-corrected chi connectivity index (χ3v) is 1.45. The fraction of sp³-hybridized carbons (Fsp3) is 0.250. The third kappa shape index (κ3) is 2.11. The molecule has 0 aromatic carbocycles. The minimum Gasteiger partial charge on any atom is -0.489 e. The summed E-state index contributed by atoms with van der Waals surface area (Å²) in [6, 6.07) is 0. The van der Waals surface area contributed by atoms with Gasteiger partial charge in [0.2, 0.25) is 5.75 Å². The number of anilines is 1. The first-order chi connectivity index (χ1) is 6.83. The Balaban J connectivity index is 2.95. The largest absolute Gasteiger partial charge is 0.489 e. The molecule has 1 aromatic heterocycles. The van der Waals surface area contributed by atoms with E-state index in [4.69, 9.17) is 15.3 Å². The van der Waals surface area contributed by atoms with Gasteiger partial charge in [0.1, 0.15) is 12.9 Å². The van der Waals surface area contributed by atoms with E-state index >= 15 is 0 Å². The Morgan fingerprint density at radius 2 is 2.43 bits per heavy atom. The van der Waals surface area contributed by atoms with Crippen LogP contribution in [0, 0.1) is 0 Å². The van der Waals surface area contributed by atoms with E-state index in [1.54, 1.807) is 6.08 Å². The van der Waals surface area contributed by atoms with Crippen molar-refractivity contribution in [3.05, 3.63) is 19.0 Å². The lowest BCUT2D eigenvalue weighted by molar-refractivity contribution is 0.313. The lowest BCUT2D eigenvalue weighted by atomic mass is 10.5. The molecule has 0 aliphatic heterocycles. The zero-order valence-electron chi connectivity index (χ0n) is 7.86. The molecule has 14 heavy (non-hydrogen) atoms. The molecule has 0 aliphatic rings. The third-order valence-electron chi connectivity index (χ3n) is 1.45. The van der Waals surface area contributed by atoms with Crippen LogP contribution in [-0.2, 0) is 0 Å². The highest BCUT2D eigenvalue weighted by atomic mass is 16.5. The Morgan fingerprint density at radius 3 is 3.00 bits per heavy atom. The fourth-order valence-corrected chi connectivity index (χ4v) is 0.885. The molecule has 1 heterocycles. The second-order valence-electron chi connectivity index (χ2n) is 2.30. The Kier molecular flexibility index (Phi) is 3.69. The Morgan fingerprint density at radius 1 is 1.64 bits per heavy atom. The molecule has 0 amide bonds. The summed E-state index contributed by atoms with van der Waals surface area (Å²) < 4.78 is 10.3. The van der Waals surface area contributed by atoms with Crippen molar-refractivity contribution in [2.75, 3.05) is 19.1 Å². The van der Waals surface area contributed by atoms with E-state index in [1.165, 1.54) is 13.4 Å². The van der Waals surface area contributed by atoms with E-state index < -0.39 is 0 Å². The zero-order valence-corrected chi connectivity index (χ0v) is 7.86. The van der Waals surface area contributed by atoms with Crippen molar-refractivity contribution in [3.8, 4) is 11.6 Å². The minimum absolute atomic E-state index is 0.329. The summed E-state index contributed by atoms with van der Waals surface area (Å²) in [5, 5.41) is 0. The SMILES string of the molecule is C=CCOc1ncnc(NN)c1OC. The van der Waals surface area contributed by atoms with Gasteiger partial charge in [-0.2, -0.15) is 4.98 Å². The number of hydrogen-bond acceptors (Lipinski definition) is 6. The molecule has 6 heteroatoms. The Bertz CT molecular complexity index is 316. The van der Waals surface area contributed by atoms with Crippen LogP contribution in [0.1, 0.15) is 0 Å². The maximum absolute atomic E-state index is 5.23. The normalized spacial score (nSPS) is 9.29. The molecule has 1 rings (SSSR count). The second-order valence-corrected chi connectivity index (χ2v) is 2.30. The van der Waals surface area contributed by atoms with Crippen LogP contribution in [0.15, 0.2) is 19.0 Å². The van der Waals surface area contributed by atoms with Crippen molar-refractivity contribution in [3.63, 3.8) is 0 Å². The summed E-state index contributed by atoms with van der Waals surface area (Å²) in [5.41, 5.74) is 2.38. The fourth-order valence-electron chi connectivity index (χ4n) is 0.885. The number of ether oxygens (including phenoxy) is 2. The average molecular weight is 196 g/mol. The lowest BCUT2D eigenvalue weighted by Crippen LogP contribution is -2.11. The minimum atomic E-state index is 0.329. The molecule has 0 atom stereocenters. The zero-order chi connectivity index (χ0) is 10.4. The predicted octanol–water partition coefficient (Wildman–Crippen LogP) is 0.336. The van der Waals surface area contributed by atoms with Gasteiger partial charge in [-0.1, -0.05) is 12.7 Å². The molecule has 0 spiro atoms. The van der Waals surface area contributed by atoms with E-state index in [1.807, 2.05) is 0 Å². The number of rotatable bonds is 5. The highest BCUT2D eigenvalue weighted by molar-refractivity contribution is 5.54. The number of nitrogens with one attached hydrogen (secondary N) is 1. The van der Waals surface area contributed by atoms with Gasteiger partial charge in [-0.15, -0.1) is 0 Å². The van der Waals surface area contributed by atoms with Crippen LogP contribution in [0.25, 0.3) is 0 Å². The van der Waals surface area contributed by atoms with Crippen LogP contribution in [0.3, 0.4) is 0 Å². The lowest BCUT2D eigenvalue weighted by Gasteiger charge is -2.10. The highest BCUT2D eigenvalue weighted by Gasteiger charge is 2.11. The van der Waals surface area contributed by atoms with Crippen LogP contribution in [0.4, 0.5) is 5.82 Å².